The first-order valence-corrected chi connectivity index (χ1v) is 13.2. The van der Waals surface area contributed by atoms with Gasteiger partial charge >= 0.3 is 0 Å². The van der Waals surface area contributed by atoms with Gasteiger partial charge in [0, 0.05) is 54.1 Å². The van der Waals surface area contributed by atoms with Crippen molar-refractivity contribution in [3.05, 3.63) is 65.7 Å². The zero-order chi connectivity index (χ0) is 23.7. The molecule has 1 aromatic heterocycles. The van der Waals surface area contributed by atoms with Crippen molar-refractivity contribution in [1.29, 1.82) is 5.26 Å². The van der Waals surface area contributed by atoms with Gasteiger partial charge in [0.25, 0.3) is 10.0 Å². The van der Waals surface area contributed by atoms with Crippen molar-refractivity contribution < 1.29 is 17.5 Å². The Kier molecular flexibility index (Phi) is 6.20. The van der Waals surface area contributed by atoms with Crippen molar-refractivity contribution >= 4 is 26.7 Å². The molecule has 1 fully saturated rings. The zero-order valence-electron chi connectivity index (χ0n) is 18.1. The van der Waals surface area contributed by atoms with Gasteiger partial charge in [-0.3, -0.25) is 9.62 Å². The first kappa shape index (κ1) is 22.7. The first-order valence-electron chi connectivity index (χ1n) is 10.9. The highest BCUT2D eigenvalue weighted by molar-refractivity contribution is 7.93. The topological polar surface area (TPSA) is 108 Å². The molecule has 8 nitrogen and oxygen atoms in total. The Bertz CT molecular complexity index is 1310. The Morgan fingerprint density at radius 2 is 2.00 bits per heavy atom. The van der Waals surface area contributed by atoms with Crippen LogP contribution >= 0.6 is 11.5 Å². The van der Waals surface area contributed by atoms with E-state index in [1.54, 1.807) is 30.3 Å². The van der Waals surface area contributed by atoms with Gasteiger partial charge in [0.1, 0.15) is 17.9 Å². The van der Waals surface area contributed by atoms with Crippen LogP contribution in [0.2, 0.25) is 0 Å². The Morgan fingerprint density at radius 3 is 2.74 bits per heavy atom. The van der Waals surface area contributed by atoms with E-state index < -0.39 is 10.0 Å². The van der Waals surface area contributed by atoms with Gasteiger partial charge in [-0.05, 0) is 36.6 Å². The quantitative estimate of drug-likeness (QED) is 0.558. The first-order chi connectivity index (χ1) is 16.4. The molecule has 176 valence electrons. The highest BCUT2D eigenvalue weighted by atomic mass is 32.2. The number of sulfonamides is 1. The van der Waals surface area contributed by atoms with E-state index in [1.807, 2.05) is 0 Å². The summed E-state index contributed by atoms with van der Waals surface area (Å²) in [5.41, 5.74) is 1.87. The molecule has 34 heavy (non-hydrogen) atoms. The number of fused-ring (bicyclic) bond motifs is 1. The van der Waals surface area contributed by atoms with Crippen LogP contribution < -0.4 is 9.46 Å². The molecule has 2 aromatic carbocycles. The van der Waals surface area contributed by atoms with Crippen molar-refractivity contribution in [2.75, 3.05) is 17.9 Å². The van der Waals surface area contributed by atoms with E-state index in [4.69, 9.17) is 4.74 Å². The molecule has 0 bridgehead atoms. The number of anilines is 1. The summed E-state index contributed by atoms with van der Waals surface area (Å²) in [6.07, 6.45) is 3.43. The molecule has 0 saturated carbocycles. The highest BCUT2D eigenvalue weighted by Crippen LogP contribution is 2.45. The lowest BCUT2D eigenvalue weighted by atomic mass is 9.85. The molecule has 11 heteroatoms. The number of ether oxygens (including phenoxy) is 1. The number of aromatic nitrogens is 2. The van der Waals surface area contributed by atoms with Crippen LogP contribution in [-0.4, -0.2) is 35.8 Å². The van der Waals surface area contributed by atoms with Crippen LogP contribution in [0.4, 0.5) is 9.52 Å². The van der Waals surface area contributed by atoms with Gasteiger partial charge in [-0.15, -0.1) is 0 Å². The molecule has 1 saturated heterocycles. The minimum Gasteiger partial charge on any atom is -0.493 e. The van der Waals surface area contributed by atoms with Crippen molar-refractivity contribution in [3.8, 4) is 11.8 Å². The molecule has 1 N–H and O–H groups in total. The number of rotatable bonds is 5. The lowest BCUT2D eigenvalue weighted by molar-refractivity contribution is 0.0550. The Labute approximate surface area is 201 Å². The van der Waals surface area contributed by atoms with E-state index in [2.05, 4.69) is 25.0 Å². The summed E-state index contributed by atoms with van der Waals surface area (Å²) < 4.78 is 51.3. The molecule has 3 atom stereocenters. The fourth-order valence-electron chi connectivity index (χ4n) is 4.74. The van der Waals surface area contributed by atoms with E-state index >= 15 is 0 Å². The van der Waals surface area contributed by atoms with Crippen LogP contribution in [-0.2, 0) is 10.0 Å². The third-order valence-corrected chi connectivity index (χ3v) is 8.41. The number of piperidine rings is 1. The fraction of sp³-hybridized carbons (Fsp3) is 0.348. The lowest BCUT2D eigenvalue weighted by Crippen LogP contribution is -2.41. The van der Waals surface area contributed by atoms with Gasteiger partial charge in [0.15, 0.2) is 0 Å². The van der Waals surface area contributed by atoms with Crippen LogP contribution in [0.5, 0.6) is 5.75 Å². The minimum atomic E-state index is -3.83. The third kappa shape index (κ3) is 4.49. The third-order valence-electron chi connectivity index (χ3n) is 6.37. The highest BCUT2D eigenvalue weighted by Gasteiger charge is 2.37. The summed E-state index contributed by atoms with van der Waals surface area (Å²) in [7, 11) is -3.83. The number of likely N-dealkylation sites (tertiary alicyclic amines) is 1. The number of nitriles is 1. The molecule has 0 unspecified atom stereocenters. The number of hydrogen-bond acceptors (Lipinski definition) is 8. The van der Waals surface area contributed by atoms with E-state index in [-0.39, 0.29) is 33.8 Å². The summed E-state index contributed by atoms with van der Waals surface area (Å²) in [5, 5.41) is 9.73. The molecule has 0 radical (unpaired) electrons. The molecular formula is C23H22FN5O3S2. The molecule has 0 amide bonds. The van der Waals surface area contributed by atoms with Crippen LogP contribution in [0.25, 0.3) is 0 Å². The summed E-state index contributed by atoms with van der Waals surface area (Å²) in [6, 6.07) is 13.7. The smallest absolute Gasteiger partial charge is 0.263 e. The molecular weight excluding hydrogens is 477 g/mol. The normalized spacial score (nSPS) is 22.9. The molecule has 2 aliphatic heterocycles. The van der Waals surface area contributed by atoms with Crippen molar-refractivity contribution in [2.45, 2.75) is 36.2 Å². The van der Waals surface area contributed by atoms with Crippen LogP contribution in [0, 0.1) is 23.1 Å². The molecule has 0 aliphatic carbocycles. The van der Waals surface area contributed by atoms with Crippen molar-refractivity contribution in [1.82, 2.24) is 14.3 Å². The van der Waals surface area contributed by atoms with Gasteiger partial charge in [0.05, 0.1) is 17.6 Å². The predicted octanol–water partition coefficient (Wildman–Crippen LogP) is 4.28. The maximum atomic E-state index is 13.6. The molecule has 3 heterocycles. The predicted molar refractivity (Wildman–Crippen MR) is 124 cm³/mol. The Balaban J connectivity index is 1.46. The summed E-state index contributed by atoms with van der Waals surface area (Å²) >= 11 is 0.958. The van der Waals surface area contributed by atoms with E-state index in [0.29, 0.717) is 25.3 Å². The molecule has 5 rings (SSSR count). The lowest BCUT2D eigenvalue weighted by Gasteiger charge is -2.44. The molecule has 2 aliphatic rings. The van der Waals surface area contributed by atoms with Crippen LogP contribution in [0.15, 0.2) is 53.7 Å². The molecule has 0 spiro atoms. The van der Waals surface area contributed by atoms with Crippen LogP contribution in [0.3, 0.4) is 0 Å². The fourth-order valence-corrected chi connectivity index (χ4v) is 6.42. The monoisotopic (exact) mass is 499 g/mol. The summed E-state index contributed by atoms with van der Waals surface area (Å²) in [4.78, 5) is 6.30. The summed E-state index contributed by atoms with van der Waals surface area (Å²) in [6.45, 7) is 1.16. The number of benzene rings is 2. The summed E-state index contributed by atoms with van der Waals surface area (Å²) in [5.74, 6) is 0.163. The second kappa shape index (κ2) is 9.29. The van der Waals surface area contributed by atoms with Crippen molar-refractivity contribution in [3.63, 3.8) is 0 Å². The second-order valence-electron chi connectivity index (χ2n) is 8.36. The zero-order valence-corrected chi connectivity index (χ0v) is 19.7. The Morgan fingerprint density at radius 1 is 1.18 bits per heavy atom. The van der Waals surface area contributed by atoms with Gasteiger partial charge in [-0.1, -0.05) is 18.2 Å². The van der Waals surface area contributed by atoms with E-state index in [0.717, 1.165) is 35.5 Å². The second-order valence-corrected chi connectivity index (χ2v) is 10.8. The maximum Gasteiger partial charge on any atom is 0.263 e. The number of nitrogens with one attached hydrogen (secondary N) is 1. The number of nitrogens with zero attached hydrogens (tertiary/aromatic N) is 4. The van der Waals surface area contributed by atoms with E-state index in [9.17, 15) is 18.1 Å². The average Bonchev–Trinajstić information content (AvgIpc) is 3.36. The van der Waals surface area contributed by atoms with Crippen LogP contribution in [0.1, 0.15) is 42.5 Å². The van der Waals surface area contributed by atoms with Gasteiger partial charge < -0.3 is 4.74 Å². The largest absolute Gasteiger partial charge is 0.493 e. The van der Waals surface area contributed by atoms with E-state index in [1.165, 1.54) is 18.5 Å². The van der Waals surface area contributed by atoms with Gasteiger partial charge in [-0.2, -0.15) is 9.64 Å². The van der Waals surface area contributed by atoms with Gasteiger partial charge in [0.2, 0.25) is 5.13 Å². The SMILES string of the molecule is N#C[C@H]1CCN([C@@H]2CCOc3cc(S(=O)(=O)Nc4ncns4)ccc32)[C@@H](c2ccc(F)cc2)C1. The van der Waals surface area contributed by atoms with Gasteiger partial charge in [-0.25, -0.2) is 17.8 Å². The Hall–Kier alpha value is -3.07. The standard InChI is InChI=1S/C23H22FN5O3S2/c24-17-3-1-16(2-4-17)21-11-15(13-25)7-9-29(21)20-8-10-32-22-12-18(5-6-19(20)22)34(30,31)28-23-26-14-27-33-23/h1-6,12,14-15,20-21H,7-11H2,(H,26,27,28)/t15-,20+,21+/m0/s1. The average molecular weight is 500 g/mol. The van der Waals surface area contributed by atoms with Crippen molar-refractivity contribution in [2.24, 2.45) is 5.92 Å². The number of halogens is 1. The number of hydrogen-bond donors (Lipinski definition) is 1. The molecule has 3 aromatic rings. The minimum absolute atomic E-state index is 0.00804. The maximum absolute atomic E-state index is 13.6.